The first-order valence-corrected chi connectivity index (χ1v) is 3.70. The number of allylic oxidation sites excluding steroid dienone is 1. The molecule has 0 aromatic heterocycles. The van der Waals surface area contributed by atoms with Gasteiger partial charge in [-0.05, 0) is 11.8 Å². The van der Waals surface area contributed by atoms with E-state index >= 15 is 0 Å². The van der Waals surface area contributed by atoms with Gasteiger partial charge in [0.1, 0.15) is 0 Å². The fraction of sp³-hybridized carbons (Fsp3) is 0.500. The summed E-state index contributed by atoms with van der Waals surface area (Å²) in [5.41, 5.74) is 0. The third-order valence-corrected chi connectivity index (χ3v) is 2.50. The summed E-state index contributed by atoms with van der Waals surface area (Å²) >= 11 is 5.27. The van der Waals surface area contributed by atoms with Crippen LogP contribution in [0.5, 0.6) is 0 Å². The minimum Gasteiger partial charge on any atom is -0.119 e. The third kappa shape index (κ3) is 1.02. The molecule has 0 fully saturated rings. The first-order chi connectivity index (χ1) is 2.89. The van der Waals surface area contributed by atoms with E-state index in [0.717, 1.165) is 0 Å². The minimum absolute atomic E-state index is 0.664. The van der Waals surface area contributed by atoms with Gasteiger partial charge in [0.05, 0.1) is 4.16 Å². The Morgan fingerprint density at radius 3 is 2.83 bits per heavy atom. The van der Waals surface area contributed by atoms with Crippen molar-refractivity contribution in [3.05, 3.63) is 11.5 Å². The van der Waals surface area contributed by atoms with E-state index in [9.17, 15) is 0 Å². The van der Waals surface area contributed by atoms with Gasteiger partial charge < -0.3 is 0 Å². The minimum atomic E-state index is 0.664. The van der Waals surface area contributed by atoms with E-state index in [0.29, 0.717) is 4.16 Å². The van der Waals surface area contributed by atoms with Crippen LogP contribution in [0.3, 0.4) is 0 Å². The number of hydrogen-bond donors (Lipinski definition) is 0. The van der Waals surface area contributed by atoms with E-state index in [1.807, 2.05) is 11.8 Å². The molecule has 1 aliphatic rings. The van der Waals surface area contributed by atoms with Crippen molar-refractivity contribution < 1.29 is 0 Å². The van der Waals surface area contributed by atoms with Crippen molar-refractivity contribution in [2.24, 2.45) is 0 Å². The fourth-order valence-corrected chi connectivity index (χ4v) is 1.56. The van der Waals surface area contributed by atoms with Crippen molar-refractivity contribution in [1.82, 2.24) is 0 Å². The lowest BCUT2D eigenvalue weighted by atomic mass is 10.5. The molecule has 0 nitrogen and oxygen atoms in total. The topological polar surface area (TPSA) is 0 Å². The van der Waals surface area contributed by atoms with Crippen LogP contribution in [0.25, 0.3) is 0 Å². The lowest BCUT2D eigenvalue weighted by molar-refractivity contribution is 1.23. The van der Waals surface area contributed by atoms with Crippen LogP contribution in [-0.2, 0) is 0 Å². The molecule has 1 aliphatic heterocycles. The van der Waals surface area contributed by atoms with E-state index in [-0.39, 0.29) is 0 Å². The number of halogens is 1. The van der Waals surface area contributed by atoms with Crippen molar-refractivity contribution >= 4 is 27.7 Å². The van der Waals surface area contributed by atoms with Gasteiger partial charge in [-0.2, -0.15) is 0 Å². The molecule has 0 aromatic rings. The zero-order chi connectivity index (χ0) is 4.41. The molecule has 1 rings (SSSR count). The molecule has 0 N–H and O–H groups in total. The first-order valence-electron chi connectivity index (χ1n) is 1.84. The van der Waals surface area contributed by atoms with Gasteiger partial charge in [0.2, 0.25) is 0 Å². The second-order valence-electron chi connectivity index (χ2n) is 1.15. The molecule has 1 atom stereocenters. The van der Waals surface area contributed by atoms with E-state index in [4.69, 9.17) is 0 Å². The molecule has 0 radical (unpaired) electrons. The summed E-state index contributed by atoms with van der Waals surface area (Å²) in [4.78, 5) is 0. The van der Waals surface area contributed by atoms with Crippen LogP contribution in [0.4, 0.5) is 0 Å². The molecule has 0 aliphatic carbocycles. The second kappa shape index (κ2) is 2.03. The van der Waals surface area contributed by atoms with E-state index < -0.39 is 0 Å². The Morgan fingerprint density at radius 1 is 1.83 bits per heavy atom. The average molecular weight is 165 g/mol. The van der Waals surface area contributed by atoms with Crippen molar-refractivity contribution in [1.29, 1.82) is 0 Å². The van der Waals surface area contributed by atoms with Gasteiger partial charge in [0, 0.05) is 0 Å². The third-order valence-electron chi connectivity index (χ3n) is 0.644. The fourth-order valence-electron chi connectivity index (χ4n) is 0.359. The SMILES string of the molecule is BrC1CC=CS1. The molecule has 0 saturated heterocycles. The van der Waals surface area contributed by atoms with Gasteiger partial charge in [-0.1, -0.05) is 22.0 Å². The molecule has 2 heteroatoms. The molecular formula is C4H5BrS. The Kier molecular flexibility index (Phi) is 1.60. The van der Waals surface area contributed by atoms with Crippen LogP contribution in [0, 0.1) is 0 Å². The number of thioether (sulfide) groups is 1. The molecule has 34 valence electrons. The van der Waals surface area contributed by atoms with Crippen molar-refractivity contribution in [2.45, 2.75) is 10.6 Å². The summed E-state index contributed by atoms with van der Waals surface area (Å²) in [6.45, 7) is 0. The molecule has 1 unspecified atom stereocenters. The highest BCUT2D eigenvalue weighted by atomic mass is 79.9. The van der Waals surface area contributed by atoms with Crippen LogP contribution >= 0.6 is 27.7 Å². The van der Waals surface area contributed by atoms with Crippen molar-refractivity contribution in [2.75, 3.05) is 0 Å². The summed E-state index contributed by atoms with van der Waals surface area (Å²) in [7, 11) is 0. The Hall–Kier alpha value is 0.570. The van der Waals surface area contributed by atoms with Gasteiger partial charge >= 0.3 is 0 Å². The Balaban J connectivity index is 2.32. The maximum absolute atomic E-state index is 3.44. The van der Waals surface area contributed by atoms with Crippen LogP contribution < -0.4 is 0 Å². The predicted molar refractivity (Wildman–Crippen MR) is 34.1 cm³/mol. The van der Waals surface area contributed by atoms with Gasteiger partial charge in [0.25, 0.3) is 0 Å². The zero-order valence-electron chi connectivity index (χ0n) is 3.23. The molecule has 0 amide bonds. The maximum Gasteiger partial charge on any atom is 0.0675 e. The Morgan fingerprint density at radius 2 is 2.67 bits per heavy atom. The molecule has 0 bridgehead atoms. The number of hydrogen-bond acceptors (Lipinski definition) is 1. The summed E-state index contributed by atoms with van der Waals surface area (Å²) in [5.74, 6) is 0. The number of alkyl halides is 1. The standard InChI is InChI=1S/C4H5BrS/c5-4-2-1-3-6-4/h1,3-4H,2H2. The highest BCUT2D eigenvalue weighted by Crippen LogP contribution is 2.28. The van der Waals surface area contributed by atoms with Crippen molar-refractivity contribution in [3.8, 4) is 0 Å². The quantitative estimate of drug-likeness (QED) is 0.496. The van der Waals surface area contributed by atoms with Gasteiger partial charge in [0.15, 0.2) is 0 Å². The summed E-state index contributed by atoms with van der Waals surface area (Å²) < 4.78 is 0.664. The highest BCUT2D eigenvalue weighted by molar-refractivity contribution is 9.11. The van der Waals surface area contributed by atoms with E-state index in [2.05, 4.69) is 27.4 Å². The van der Waals surface area contributed by atoms with Gasteiger partial charge in [-0.15, -0.1) is 11.8 Å². The normalized spacial score (nSPS) is 31.8. The van der Waals surface area contributed by atoms with Gasteiger partial charge in [-0.3, -0.25) is 0 Å². The summed E-state index contributed by atoms with van der Waals surface area (Å²) in [5, 5.41) is 2.12. The Labute approximate surface area is 50.1 Å². The molecular weight excluding hydrogens is 160 g/mol. The second-order valence-corrected chi connectivity index (χ2v) is 3.98. The number of rotatable bonds is 0. The molecule has 6 heavy (non-hydrogen) atoms. The van der Waals surface area contributed by atoms with E-state index in [1.165, 1.54) is 6.42 Å². The molecule has 0 aromatic carbocycles. The zero-order valence-corrected chi connectivity index (χ0v) is 5.63. The summed E-state index contributed by atoms with van der Waals surface area (Å²) in [6, 6.07) is 0. The predicted octanol–water partition coefficient (Wildman–Crippen LogP) is 2.36. The molecule has 0 spiro atoms. The average Bonchev–Trinajstić information content (AvgIpc) is 1.86. The summed E-state index contributed by atoms with van der Waals surface area (Å²) in [6.07, 6.45) is 3.36. The van der Waals surface area contributed by atoms with Crippen LogP contribution in [0.15, 0.2) is 11.5 Å². The monoisotopic (exact) mass is 164 g/mol. The molecule has 1 heterocycles. The van der Waals surface area contributed by atoms with Gasteiger partial charge in [-0.25, -0.2) is 0 Å². The van der Waals surface area contributed by atoms with Crippen LogP contribution in [0.2, 0.25) is 0 Å². The first kappa shape index (κ1) is 4.72. The highest BCUT2D eigenvalue weighted by Gasteiger charge is 2.02. The Bertz CT molecular complexity index is 61.9. The van der Waals surface area contributed by atoms with Crippen molar-refractivity contribution in [3.63, 3.8) is 0 Å². The molecule has 0 saturated carbocycles. The maximum atomic E-state index is 3.44. The smallest absolute Gasteiger partial charge is 0.0675 e. The lowest BCUT2D eigenvalue weighted by Crippen LogP contribution is -1.75. The van der Waals surface area contributed by atoms with Crippen LogP contribution in [-0.4, -0.2) is 4.16 Å². The van der Waals surface area contributed by atoms with Crippen LogP contribution in [0.1, 0.15) is 6.42 Å². The largest absolute Gasteiger partial charge is 0.119 e. The van der Waals surface area contributed by atoms with E-state index in [1.54, 1.807) is 0 Å². The lowest BCUT2D eigenvalue weighted by Gasteiger charge is -1.89.